The smallest absolute Gasteiger partial charge is 0.161 e. The molecular formula is C54H38N4O. The summed E-state index contributed by atoms with van der Waals surface area (Å²) in [7, 11) is 0. The normalized spacial score (nSPS) is 13.0. The average Bonchev–Trinajstić information content (AvgIpc) is 3.83. The SMILES string of the molecule is CC(N=C(N=C(N)c1ccc(-c2ccccc2)cc1)c1cccc2c1oc1c3ccccc3c(-n3c4ccccc4c4cc5ccccc5cc43)cc21)c1ccccc1. The van der Waals surface area contributed by atoms with E-state index in [1.807, 2.05) is 54.6 Å². The number of rotatable bonds is 6. The fourth-order valence-corrected chi connectivity index (χ4v) is 8.67. The molecule has 0 aliphatic heterocycles. The second-order valence-electron chi connectivity index (χ2n) is 15.2. The molecule has 0 radical (unpaired) electrons. The quantitative estimate of drug-likeness (QED) is 0.135. The van der Waals surface area contributed by atoms with Gasteiger partial charge in [0.05, 0.1) is 28.3 Å². The highest BCUT2D eigenvalue weighted by molar-refractivity contribution is 6.23. The molecule has 0 aliphatic rings. The summed E-state index contributed by atoms with van der Waals surface area (Å²) in [5, 5.41) is 9.01. The number of aromatic nitrogens is 1. The van der Waals surface area contributed by atoms with E-state index in [2.05, 4.69) is 151 Å². The molecule has 0 spiro atoms. The molecule has 5 nitrogen and oxygen atoms in total. The van der Waals surface area contributed by atoms with Gasteiger partial charge in [-0.25, -0.2) is 4.99 Å². The van der Waals surface area contributed by atoms with Crippen molar-refractivity contribution in [1.29, 1.82) is 0 Å². The second-order valence-corrected chi connectivity index (χ2v) is 15.2. The van der Waals surface area contributed by atoms with Gasteiger partial charge in [0, 0.05) is 37.9 Å². The molecular weight excluding hydrogens is 721 g/mol. The van der Waals surface area contributed by atoms with Gasteiger partial charge in [0.25, 0.3) is 0 Å². The fraction of sp³-hybridized carbons (Fsp3) is 0.0370. The van der Waals surface area contributed by atoms with Crippen molar-refractivity contribution in [2.45, 2.75) is 13.0 Å². The van der Waals surface area contributed by atoms with Crippen molar-refractivity contribution >= 4 is 77.0 Å². The van der Waals surface area contributed by atoms with E-state index in [9.17, 15) is 0 Å². The zero-order valence-electron chi connectivity index (χ0n) is 32.4. The van der Waals surface area contributed by atoms with Crippen LogP contribution in [0.1, 0.15) is 29.7 Å². The number of benzene rings is 9. The minimum Gasteiger partial charge on any atom is -0.455 e. The first-order chi connectivity index (χ1) is 29.1. The lowest BCUT2D eigenvalue weighted by Gasteiger charge is -2.13. The average molecular weight is 759 g/mol. The Balaban J connectivity index is 1.13. The molecule has 0 amide bonds. The van der Waals surface area contributed by atoms with Gasteiger partial charge in [0.15, 0.2) is 5.84 Å². The maximum atomic E-state index is 7.02. The van der Waals surface area contributed by atoms with Gasteiger partial charge < -0.3 is 14.7 Å². The predicted molar refractivity (Wildman–Crippen MR) is 247 cm³/mol. The molecule has 2 heterocycles. The molecule has 1 unspecified atom stereocenters. The van der Waals surface area contributed by atoms with Crippen LogP contribution < -0.4 is 5.73 Å². The summed E-state index contributed by atoms with van der Waals surface area (Å²) in [6.07, 6.45) is 0. The summed E-state index contributed by atoms with van der Waals surface area (Å²) in [5.74, 6) is 0.887. The third-order valence-electron chi connectivity index (χ3n) is 11.6. The Morgan fingerprint density at radius 1 is 0.508 bits per heavy atom. The van der Waals surface area contributed by atoms with Crippen LogP contribution in [0.2, 0.25) is 0 Å². The number of hydrogen-bond acceptors (Lipinski definition) is 2. The van der Waals surface area contributed by atoms with E-state index >= 15 is 0 Å². The van der Waals surface area contributed by atoms with Gasteiger partial charge >= 0.3 is 0 Å². The van der Waals surface area contributed by atoms with Gasteiger partial charge in [-0.3, -0.25) is 4.99 Å². The highest BCUT2D eigenvalue weighted by Crippen LogP contribution is 2.42. The molecule has 1 atom stereocenters. The standard InChI is InChI=1S/C54H38N4O/c1-34(35-15-4-2-5-16-35)56-54(57-53(55)38-29-27-37(28-30-38)36-17-6-3-7-18-36)45-25-14-24-44-47-33-50(41-21-10-11-23-43(41)52(47)59-51(44)45)58-48-26-13-12-22-42(48)46-31-39-19-8-9-20-40(39)32-49(46)58/h2-34H,1H3,(H2,55,56,57). The van der Waals surface area contributed by atoms with Crippen LogP contribution in [-0.2, 0) is 0 Å². The molecule has 0 saturated heterocycles. The van der Waals surface area contributed by atoms with Gasteiger partial charge in [0.1, 0.15) is 17.0 Å². The molecule has 0 bridgehead atoms. The lowest BCUT2D eigenvalue weighted by Crippen LogP contribution is -2.17. The summed E-state index contributed by atoms with van der Waals surface area (Å²) in [4.78, 5) is 10.4. The van der Waals surface area contributed by atoms with E-state index in [0.717, 1.165) is 71.7 Å². The predicted octanol–water partition coefficient (Wildman–Crippen LogP) is 13.6. The number of para-hydroxylation sites is 2. The second kappa shape index (κ2) is 14.0. The largest absolute Gasteiger partial charge is 0.455 e. The van der Waals surface area contributed by atoms with Crippen LogP contribution in [0.25, 0.3) is 82.1 Å². The minimum atomic E-state index is -0.193. The Labute approximate surface area is 341 Å². The summed E-state index contributed by atoms with van der Waals surface area (Å²) < 4.78 is 9.44. The van der Waals surface area contributed by atoms with Gasteiger partial charge in [-0.05, 0) is 64.7 Å². The Morgan fingerprint density at radius 3 is 1.90 bits per heavy atom. The van der Waals surface area contributed by atoms with Crippen molar-refractivity contribution in [3.05, 3.63) is 211 Å². The van der Waals surface area contributed by atoms with E-state index in [1.165, 1.54) is 21.5 Å². The Morgan fingerprint density at radius 2 is 1.12 bits per heavy atom. The van der Waals surface area contributed by atoms with Crippen molar-refractivity contribution in [1.82, 2.24) is 4.57 Å². The van der Waals surface area contributed by atoms with E-state index < -0.39 is 0 Å². The summed E-state index contributed by atoms with van der Waals surface area (Å²) in [6, 6.07) is 67.6. The lowest BCUT2D eigenvalue weighted by molar-refractivity contribution is 0.671. The molecule has 2 N–H and O–H groups in total. The van der Waals surface area contributed by atoms with Crippen LogP contribution in [0.5, 0.6) is 0 Å². The fourth-order valence-electron chi connectivity index (χ4n) is 8.67. The maximum absolute atomic E-state index is 7.02. The molecule has 0 fully saturated rings. The topological polar surface area (TPSA) is 68.8 Å². The summed E-state index contributed by atoms with van der Waals surface area (Å²) >= 11 is 0. The van der Waals surface area contributed by atoms with Crippen molar-refractivity contribution in [3.8, 4) is 16.8 Å². The number of nitrogens with two attached hydrogens (primary N) is 1. The third-order valence-corrected chi connectivity index (χ3v) is 11.6. The molecule has 11 rings (SSSR count). The molecule has 9 aromatic carbocycles. The summed E-state index contributed by atoms with van der Waals surface area (Å²) in [5.41, 5.74) is 16.7. The zero-order chi connectivity index (χ0) is 39.5. The molecule has 280 valence electrons. The van der Waals surface area contributed by atoms with Crippen LogP contribution in [0.3, 0.4) is 0 Å². The van der Waals surface area contributed by atoms with Crippen molar-refractivity contribution in [2.24, 2.45) is 15.7 Å². The van der Waals surface area contributed by atoms with E-state index in [-0.39, 0.29) is 6.04 Å². The number of aliphatic imine (C=N–C) groups is 2. The van der Waals surface area contributed by atoms with Crippen LogP contribution in [0.4, 0.5) is 0 Å². The molecule has 5 heteroatoms. The third kappa shape index (κ3) is 5.86. The lowest BCUT2D eigenvalue weighted by atomic mass is 10.0. The Kier molecular flexibility index (Phi) is 8.19. The van der Waals surface area contributed by atoms with Gasteiger partial charge in [-0.1, -0.05) is 164 Å². The van der Waals surface area contributed by atoms with E-state index in [4.69, 9.17) is 20.1 Å². The molecule has 59 heavy (non-hydrogen) atoms. The van der Waals surface area contributed by atoms with Gasteiger partial charge in [-0.2, -0.15) is 0 Å². The number of amidine groups is 2. The number of fused-ring (bicyclic) bond motifs is 9. The number of hydrogen-bond donors (Lipinski definition) is 1. The molecule has 11 aromatic rings. The molecule has 0 aliphatic carbocycles. The first kappa shape index (κ1) is 34.5. The Bertz CT molecular complexity index is 3450. The highest BCUT2D eigenvalue weighted by atomic mass is 16.3. The van der Waals surface area contributed by atoms with E-state index in [1.54, 1.807) is 0 Å². The first-order valence-electron chi connectivity index (χ1n) is 20.0. The maximum Gasteiger partial charge on any atom is 0.161 e. The highest BCUT2D eigenvalue weighted by Gasteiger charge is 2.22. The van der Waals surface area contributed by atoms with Crippen molar-refractivity contribution in [3.63, 3.8) is 0 Å². The van der Waals surface area contributed by atoms with Crippen LogP contribution in [0, 0.1) is 0 Å². The number of furan rings is 1. The Hall–Kier alpha value is -7.76. The first-order valence-corrected chi connectivity index (χ1v) is 20.0. The van der Waals surface area contributed by atoms with Gasteiger partial charge in [0.2, 0.25) is 0 Å². The minimum absolute atomic E-state index is 0.193. The van der Waals surface area contributed by atoms with Crippen LogP contribution in [-0.4, -0.2) is 16.2 Å². The van der Waals surface area contributed by atoms with Gasteiger partial charge in [-0.15, -0.1) is 0 Å². The van der Waals surface area contributed by atoms with Crippen LogP contribution >= 0.6 is 0 Å². The molecule has 2 aromatic heterocycles. The number of nitrogens with zero attached hydrogens (tertiary/aromatic N) is 3. The van der Waals surface area contributed by atoms with E-state index in [0.29, 0.717) is 17.3 Å². The molecule has 0 saturated carbocycles. The van der Waals surface area contributed by atoms with Crippen molar-refractivity contribution in [2.75, 3.05) is 0 Å². The van der Waals surface area contributed by atoms with Crippen molar-refractivity contribution < 1.29 is 4.42 Å². The summed E-state index contributed by atoms with van der Waals surface area (Å²) in [6.45, 7) is 2.09. The van der Waals surface area contributed by atoms with Crippen LogP contribution in [0.15, 0.2) is 209 Å². The zero-order valence-corrected chi connectivity index (χ0v) is 32.4. The monoisotopic (exact) mass is 758 g/mol.